The first-order valence-corrected chi connectivity index (χ1v) is 12.6. The quantitative estimate of drug-likeness (QED) is 0.140. The Hall–Kier alpha value is -4.57. The number of fused-ring (bicyclic) bond motifs is 1. The standard InChI is InChI=1S/C33H35N3O4/c1-8-27(37)30-24-17-23(22-14-15-28(39-7)25(16-22)32(38)35-33(4,5)6)26(36(9-2)19-34)18-29(24)40-31(30)21-12-10-20(3)11-13-21/h10-18H,8-9H2,1-7H3,(H,35,38)/i4D3,5D3,6D3. The van der Waals surface area contributed by atoms with Crippen LogP contribution in [0.5, 0.6) is 5.75 Å². The number of ketones is 1. The second kappa shape index (κ2) is 11.3. The average molecular weight is 547 g/mol. The highest BCUT2D eigenvalue weighted by Gasteiger charge is 2.25. The van der Waals surface area contributed by atoms with Crippen molar-refractivity contribution < 1.29 is 31.1 Å². The molecule has 7 heteroatoms. The van der Waals surface area contributed by atoms with Crippen LogP contribution in [0.2, 0.25) is 0 Å². The van der Waals surface area contributed by atoms with Gasteiger partial charge in [0.15, 0.2) is 12.0 Å². The molecule has 0 radical (unpaired) electrons. The minimum absolute atomic E-state index is 0.112. The first-order valence-electron chi connectivity index (χ1n) is 17.1. The van der Waals surface area contributed by atoms with Gasteiger partial charge in [0.1, 0.15) is 17.1 Å². The van der Waals surface area contributed by atoms with Crippen LogP contribution >= 0.6 is 0 Å². The molecular formula is C33H35N3O4. The zero-order chi connectivity index (χ0) is 36.7. The summed E-state index contributed by atoms with van der Waals surface area (Å²) in [6.45, 7) is -5.44. The van der Waals surface area contributed by atoms with Gasteiger partial charge in [-0.3, -0.25) is 14.5 Å². The number of carbonyl (C=O) groups excluding carboxylic acids is 2. The number of nitrogens with one attached hydrogen (secondary N) is 1. The third kappa shape index (κ3) is 5.57. The molecule has 0 saturated carbocycles. The number of furan rings is 1. The predicted octanol–water partition coefficient (Wildman–Crippen LogP) is 7.51. The second-order valence-corrected chi connectivity index (χ2v) is 9.28. The number of amides is 1. The Morgan fingerprint density at radius 3 is 2.38 bits per heavy atom. The number of carbonyl (C=O) groups is 2. The smallest absolute Gasteiger partial charge is 0.255 e. The van der Waals surface area contributed by atoms with Gasteiger partial charge in [0.2, 0.25) is 0 Å². The van der Waals surface area contributed by atoms with E-state index in [0.717, 1.165) is 5.56 Å². The van der Waals surface area contributed by atoms with Crippen molar-refractivity contribution in [2.24, 2.45) is 0 Å². The molecule has 0 aliphatic carbocycles. The summed E-state index contributed by atoms with van der Waals surface area (Å²) in [6, 6.07) is 14.9. The van der Waals surface area contributed by atoms with Crippen LogP contribution in [0, 0.1) is 18.4 Å². The van der Waals surface area contributed by atoms with Crippen LogP contribution in [0.1, 0.15) is 79.4 Å². The highest BCUT2D eigenvalue weighted by atomic mass is 16.5. The topological polar surface area (TPSA) is 95.6 Å². The third-order valence-corrected chi connectivity index (χ3v) is 6.50. The molecule has 4 aromatic rings. The van der Waals surface area contributed by atoms with E-state index in [1.165, 1.54) is 24.1 Å². The van der Waals surface area contributed by atoms with Gasteiger partial charge in [-0.25, -0.2) is 0 Å². The van der Waals surface area contributed by atoms with E-state index in [1.54, 1.807) is 32.0 Å². The molecule has 0 aliphatic rings. The molecular weight excluding hydrogens is 502 g/mol. The normalized spacial score (nSPS) is 15.5. The molecule has 0 bridgehead atoms. The van der Waals surface area contributed by atoms with Crippen LogP contribution in [0.25, 0.3) is 33.4 Å². The molecule has 7 nitrogen and oxygen atoms in total. The molecule has 0 fully saturated rings. The van der Waals surface area contributed by atoms with Gasteiger partial charge in [0.05, 0.1) is 23.9 Å². The number of nitriles is 1. The van der Waals surface area contributed by atoms with Gasteiger partial charge in [-0.05, 0) is 58.2 Å². The summed E-state index contributed by atoms with van der Waals surface area (Å²) in [5.41, 5.74) is -0.695. The van der Waals surface area contributed by atoms with Crippen LogP contribution in [0.15, 0.2) is 59.0 Å². The molecule has 0 saturated heterocycles. The molecule has 0 atom stereocenters. The molecule has 4 rings (SSSR count). The Kier molecular flexibility index (Phi) is 5.26. The van der Waals surface area contributed by atoms with Crippen molar-refractivity contribution in [3.8, 4) is 34.4 Å². The summed E-state index contributed by atoms with van der Waals surface area (Å²) in [7, 11) is 1.23. The first-order chi connectivity index (χ1) is 22.8. The highest BCUT2D eigenvalue weighted by Crippen LogP contribution is 2.42. The van der Waals surface area contributed by atoms with E-state index in [1.807, 2.05) is 36.5 Å². The number of benzene rings is 3. The van der Waals surface area contributed by atoms with Crippen LogP contribution < -0.4 is 15.0 Å². The van der Waals surface area contributed by atoms with Crippen molar-refractivity contribution in [3.05, 3.63) is 71.3 Å². The van der Waals surface area contributed by atoms with Crippen molar-refractivity contribution in [1.82, 2.24) is 5.32 Å². The van der Waals surface area contributed by atoms with Crippen molar-refractivity contribution in [2.45, 2.75) is 53.3 Å². The number of anilines is 1. The molecule has 0 unspecified atom stereocenters. The number of rotatable bonds is 8. The van der Waals surface area contributed by atoms with E-state index < -0.39 is 32.0 Å². The fourth-order valence-corrected chi connectivity index (χ4v) is 4.53. The summed E-state index contributed by atoms with van der Waals surface area (Å²) >= 11 is 0. The zero-order valence-corrected chi connectivity index (χ0v) is 22.6. The SMILES string of the molecule is [2H]C([2H])([2H])C(NC(=O)c1cc(-c2cc3c(C(=O)CC)c(-c4ccc(C)cc4)oc3cc2N(C#N)CC)ccc1OC)(C([2H])([2H])[2H])C([2H])([2H])[2H]. The Morgan fingerprint density at radius 1 is 1.07 bits per heavy atom. The molecule has 1 N–H and O–H groups in total. The maximum absolute atomic E-state index is 13.8. The number of ether oxygens (including phenoxy) is 1. The van der Waals surface area contributed by atoms with Crippen LogP contribution in [0.3, 0.4) is 0 Å². The van der Waals surface area contributed by atoms with Gasteiger partial charge < -0.3 is 14.5 Å². The summed E-state index contributed by atoms with van der Waals surface area (Å²) in [5.74, 6) is -1.30. The van der Waals surface area contributed by atoms with Gasteiger partial charge >= 0.3 is 0 Å². The van der Waals surface area contributed by atoms with E-state index in [4.69, 9.17) is 21.5 Å². The molecule has 40 heavy (non-hydrogen) atoms. The molecule has 0 aliphatic heterocycles. The van der Waals surface area contributed by atoms with Gasteiger partial charge in [-0.2, -0.15) is 5.26 Å². The van der Waals surface area contributed by atoms with Crippen LogP contribution in [-0.2, 0) is 0 Å². The minimum Gasteiger partial charge on any atom is -0.496 e. The predicted molar refractivity (Wildman–Crippen MR) is 159 cm³/mol. The lowest BCUT2D eigenvalue weighted by atomic mass is 9.94. The molecule has 0 spiro atoms. The summed E-state index contributed by atoms with van der Waals surface area (Å²) in [5, 5.41) is 12.3. The Balaban J connectivity index is 2.02. The van der Waals surface area contributed by atoms with Crippen molar-refractivity contribution in [1.29, 1.82) is 5.26 Å². The molecule has 1 amide bonds. The Morgan fingerprint density at radius 2 is 1.77 bits per heavy atom. The minimum atomic E-state index is -3.69. The van der Waals surface area contributed by atoms with Crippen molar-refractivity contribution in [2.75, 3.05) is 18.6 Å². The second-order valence-electron chi connectivity index (χ2n) is 9.28. The van der Waals surface area contributed by atoms with Crippen molar-refractivity contribution >= 4 is 28.3 Å². The fourth-order valence-electron chi connectivity index (χ4n) is 4.53. The van der Waals surface area contributed by atoms with Crippen molar-refractivity contribution in [3.63, 3.8) is 0 Å². The lowest BCUT2D eigenvalue weighted by molar-refractivity contribution is 0.0915. The number of hydrogen-bond acceptors (Lipinski definition) is 6. The summed E-state index contributed by atoms with van der Waals surface area (Å²) < 4.78 is 82.8. The molecule has 3 aromatic carbocycles. The number of nitrogens with zero attached hydrogens (tertiary/aromatic N) is 2. The summed E-state index contributed by atoms with van der Waals surface area (Å²) in [6.07, 6.45) is 2.27. The summed E-state index contributed by atoms with van der Waals surface area (Å²) in [4.78, 5) is 28.6. The Bertz CT molecular complexity index is 1900. The van der Waals surface area contributed by atoms with E-state index in [9.17, 15) is 14.9 Å². The Labute approximate surface area is 248 Å². The van der Waals surface area contributed by atoms with E-state index in [-0.39, 0.29) is 35.6 Å². The number of methoxy groups -OCH3 is 1. The van der Waals surface area contributed by atoms with Gasteiger partial charge in [0.25, 0.3) is 5.91 Å². The molecule has 1 aromatic heterocycles. The number of hydrogen-bond donors (Lipinski definition) is 1. The molecule has 206 valence electrons. The number of aryl methyl sites for hydroxylation is 1. The lowest BCUT2D eigenvalue weighted by Crippen LogP contribution is -2.40. The number of Topliss-reactive ketones (excluding diaryl/α,β-unsaturated/α-hetero) is 1. The zero-order valence-electron chi connectivity index (χ0n) is 31.6. The van der Waals surface area contributed by atoms with E-state index in [0.29, 0.717) is 39.1 Å². The van der Waals surface area contributed by atoms with Crippen LogP contribution in [-0.4, -0.2) is 30.9 Å². The van der Waals surface area contributed by atoms with Crippen LogP contribution in [0.4, 0.5) is 5.69 Å². The average Bonchev–Trinajstić information content (AvgIpc) is 3.40. The highest BCUT2D eigenvalue weighted by molar-refractivity contribution is 6.14. The fraction of sp³-hybridized carbons (Fsp3) is 0.303. The van der Waals surface area contributed by atoms with Gasteiger partial charge in [-0.1, -0.05) is 42.8 Å². The van der Waals surface area contributed by atoms with Gasteiger partial charge in [0, 0.05) is 53.4 Å². The van der Waals surface area contributed by atoms with E-state index in [2.05, 4.69) is 6.19 Å². The maximum Gasteiger partial charge on any atom is 0.255 e. The third-order valence-electron chi connectivity index (χ3n) is 6.50. The first kappa shape index (κ1) is 18.7. The monoisotopic (exact) mass is 546 g/mol. The largest absolute Gasteiger partial charge is 0.496 e. The molecule has 1 heterocycles. The van der Waals surface area contributed by atoms with Gasteiger partial charge in [-0.15, -0.1) is 0 Å². The maximum atomic E-state index is 13.8. The van der Waals surface area contributed by atoms with E-state index >= 15 is 0 Å². The lowest BCUT2D eigenvalue weighted by Gasteiger charge is -2.22.